The topological polar surface area (TPSA) is 47.9 Å². The molecule has 0 saturated carbocycles. The predicted molar refractivity (Wildman–Crippen MR) is 121 cm³/mol. The number of ketones is 1. The van der Waals surface area contributed by atoms with Gasteiger partial charge in [0.2, 0.25) is 0 Å². The van der Waals surface area contributed by atoms with Gasteiger partial charge in [-0.2, -0.15) is 0 Å². The first-order chi connectivity index (χ1) is 13.9. The van der Waals surface area contributed by atoms with Gasteiger partial charge in [-0.25, -0.2) is 0 Å². The fourth-order valence-corrected chi connectivity index (χ4v) is 3.91. The molecule has 0 bridgehead atoms. The molecular formula is C22H18BrCl2NO3. The molecule has 0 aliphatic rings. The van der Waals surface area contributed by atoms with E-state index >= 15 is 0 Å². The number of halogens is 3. The van der Waals surface area contributed by atoms with E-state index in [4.69, 9.17) is 32.8 Å². The van der Waals surface area contributed by atoms with E-state index in [0.29, 0.717) is 15.6 Å². The lowest BCUT2D eigenvalue weighted by molar-refractivity contribution is 0.0955. The van der Waals surface area contributed by atoms with Crippen LogP contribution in [0.1, 0.15) is 22.8 Å². The Morgan fingerprint density at radius 2 is 1.97 bits per heavy atom. The Morgan fingerprint density at radius 1 is 1.17 bits per heavy atom. The zero-order valence-corrected chi connectivity index (χ0v) is 18.9. The van der Waals surface area contributed by atoms with E-state index in [1.54, 1.807) is 38.3 Å². The van der Waals surface area contributed by atoms with Crippen LogP contribution in [0.2, 0.25) is 10.0 Å². The molecule has 0 N–H and O–H groups in total. The summed E-state index contributed by atoms with van der Waals surface area (Å²) < 4.78 is 6.17. The molecule has 0 radical (unpaired) electrons. The molecule has 0 spiro atoms. The van der Waals surface area contributed by atoms with Crippen LogP contribution in [0.4, 0.5) is 0 Å². The van der Waals surface area contributed by atoms with E-state index < -0.39 is 5.92 Å². The second-order valence-electron chi connectivity index (χ2n) is 6.43. The van der Waals surface area contributed by atoms with Gasteiger partial charge >= 0.3 is 0 Å². The third kappa shape index (κ3) is 5.10. The van der Waals surface area contributed by atoms with Crippen molar-refractivity contribution >= 4 is 61.9 Å². The molecule has 29 heavy (non-hydrogen) atoms. The lowest BCUT2D eigenvalue weighted by Crippen LogP contribution is -2.12. The van der Waals surface area contributed by atoms with Gasteiger partial charge in [0, 0.05) is 21.2 Å². The lowest BCUT2D eigenvalue weighted by atomic mass is 9.97. The number of benzene rings is 3. The fourth-order valence-electron chi connectivity index (χ4n) is 2.79. The lowest BCUT2D eigenvalue weighted by Gasteiger charge is -2.10. The molecule has 0 amide bonds. The highest BCUT2D eigenvalue weighted by atomic mass is 79.9. The first-order valence-electron chi connectivity index (χ1n) is 8.80. The molecule has 0 heterocycles. The molecule has 0 aromatic heterocycles. The summed E-state index contributed by atoms with van der Waals surface area (Å²) >= 11 is 15.5. The maximum absolute atomic E-state index is 12.7. The second-order valence-corrected chi connectivity index (χ2v) is 8.07. The van der Waals surface area contributed by atoms with Gasteiger partial charge in [-0.3, -0.25) is 4.79 Å². The molecule has 3 aromatic rings. The first kappa shape index (κ1) is 21.6. The van der Waals surface area contributed by atoms with Crippen molar-refractivity contribution in [2.75, 3.05) is 7.11 Å². The van der Waals surface area contributed by atoms with Crippen LogP contribution in [-0.4, -0.2) is 19.1 Å². The van der Waals surface area contributed by atoms with E-state index in [-0.39, 0.29) is 12.4 Å². The smallest absolute Gasteiger partial charge is 0.171 e. The van der Waals surface area contributed by atoms with Crippen LogP contribution in [-0.2, 0) is 11.4 Å². The summed E-state index contributed by atoms with van der Waals surface area (Å²) in [5.74, 6) is 0.264. The van der Waals surface area contributed by atoms with E-state index in [9.17, 15) is 4.79 Å². The summed E-state index contributed by atoms with van der Waals surface area (Å²) in [6.07, 6.45) is 1.49. The summed E-state index contributed by atoms with van der Waals surface area (Å²) in [5, 5.41) is 6.90. The average molecular weight is 495 g/mol. The van der Waals surface area contributed by atoms with Crippen LogP contribution in [0.3, 0.4) is 0 Å². The number of fused-ring (bicyclic) bond motifs is 1. The summed E-state index contributed by atoms with van der Waals surface area (Å²) in [6, 6.07) is 14.5. The number of methoxy groups -OCH3 is 1. The Bertz CT molecular complexity index is 1090. The number of ether oxygens (including phenoxy) is 1. The number of hydrogen-bond acceptors (Lipinski definition) is 4. The number of hydrogen-bond donors (Lipinski definition) is 0. The van der Waals surface area contributed by atoms with Crippen LogP contribution in [0.25, 0.3) is 10.8 Å². The van der Waals surface area contributed by atoms with E-state index in [1.807, 2.05) is 24.3 Å². The van der Waals surface area contributed by atoms with Gasteiger partial charge < -0.3 is 9.57 Å². The number of nitrogens with zero attached hydrogens (tertiary/aromatic N) is 1. The minimum absolute atomic E-state index is 0.0456. The van der Waals surface area contributed by atoms with Crippen molar-refractivity contribution in [3.05, 3.63) is 74.2 Å². The molecule has 4 nitrogen and oxygen atoms in total. The molecule has 7 heteroatoms. The summed E-state index contributed by atoms with van der Waals surface area (Å²) in [7, 11) is 1.62. The molecule has 3 aromatic carbocycles. The molecule has 0 unspecified atom stereocenters. The van der Waals surface area contributed by atoms with Crippen LogP contribution < -0.4 is 4.74 Å². The molecule has 150 valence electrons. The normalized spacial score (nSPS) is 12.3. The zero-order valence-electron chi connectivity index (χ0n) is 15.8. The minimum atomic E-state index is -0.435. The highest BCUT2D eigenvalue weighted by Crippen LogP contribution is 2.33. The highest BCUT2D eigenvalue weighted by molar-refractivity contribution is 9.10. The number of oxime groups is 1. The van der Waals surface area contributed by atoms with Gasteiger partial charge in [0.1, 0.15) is 12.4 Å². The Morgan fingerprint density at radius 3 is 2.69 bits per heavy atom. The summed E-state index contributed by atoms with van der Waals surface area (Å²) in [5.41, 5.74) is 1.37. The maximum atomic E-state index is 12.7. The monoisotopic (exact) mass is 493 g/mol. The van der Waals surface area contributed by atoms with Gasteiger partial charge in [-0.05, 0) is 57.9 Å². The van der Waals surface area contributed by atoms with Crippen LogP contribution >= 0.6 is 39.1 Å². The average Bonchev–Trinajstić information content (AvgIpc) is 2.71. The van der Waals surface area contributed by atoms with E-state index in [0.717, 1.165) is 26.6 Å². The largest absolute Gasteiger partial charge is 0.496 e. The zero-order chi connectivity index (χ0) is 21.0. The van der Waals surface area contributed by atoms with Crippen LogP contribution in [0, 0.1) is 5.92 Å². The van der Waals surface area contributed by atoms with Gasteiger partial charge in [0.05, 0.1) is 23.7 Å². The van der Waals surface area contributed by atoms with Crippen molar-refractivity contribution < 1.29 is 14.4 Å². The second kappa shape index (κ2) is 9.61. The van der Waals surface area contributed by atoms with Gasteiger partial charge in [0.15, 0.2) is 5.78 Å². The summed E-state index contributed by atoms with van der Waals surface area (Å²) in [4.78, 5) is 18.0. The number of carbonyl (C=O) groups excluding carboxylic acids is 1. The van der Waals surface area contributed by atoms with Crippen molar-refractivity contribution in [1.82, 2.24) is 0 Å². The van der Waals surface area contributed by atoms with Crippen molar-refractivity contribution in [3.63, 3.8) is 0 Å². The SMILES string of the molecule is COc1ccc2cc(C(=O)[C@H](C)/C=N\OCc3ccc(Cl)cc3Cl)ccc2c1Br. The van der Waals surface area contributed by atoms with Crippen LogP contribution in [0.15, 0.2) is 58.2 Å². The van der Waals surface area contributed by atoms with E-state index in [2.05, 4.69) is 21.1 Å². The maximum Gasteiger partial charge on any atom is 0.171 e. The quantitative estimate of drug-likeness (QED) is 0.203. The predicted octanol–water partition coefficient (Wildman–Crippen LogP) is 6.94. The standard InChI is InChI=1S/C22H18BrCl2NO3/c1-13(11-26-29-12-16-3-6-17(24)10-19(16)25)22(27)15-4-7-18-14(9-15)5-8-20(28-2)21(18)23/h3-11,13H,12H2,1-2H3/b26-11-/t13-/m1/s1. The van der Waals surface area contributed by atoms with E-state index in [1.165, 1.54) is 6.21 Å². The Balaban J connectivity index is 1.67. The number of carbonyl (C=O) groups is 1. The fraction of sp³-hybridized carbons (Fsp3) is 0.182. The highest BCUT2D eigenvalue weighted by Gasteiger charge is 2.15. The third-order valence-electron chi connectivity index (χ3n) is 4.43. The summed E-state index contributed by atoms with van der Waals surface area (Å²) in [6.45, 7) is 1.97. The molecule has 0 fully saturated rings. The van der Waals surface area contributed by atoms with Crippen molar-refractivity contribution in [1.29, 1.82) is 0 Å². The van der Waals surface area contributed by atoms with Gasteiger partial charge in [0.25, 0.3) is 0 Å². The first-order valence-corrected chi connectivity index (χ1v) is 10.4. The molecule has 1 atom stereocenters. The Labute approximate surface area is 187 Å². The molecular weight excluding hydrogens is 477 g/mol. The molecule has 0 aliphatic heterocycles. The van der Waals surface area contributed by atoms with Crippen molar-refractivity contribution in [3.8, 4) is 5.75 Å². The Hall–Kier alpha value is -2.08. The van der Waals surface area contributed by atoms with Gasteiger partial charge in [-0.1, -0.05) is 52.6 Å². The minimum Gasteiger partial charge on any atom is -0.496 e. The van der Waals surface area contributed by atoms with Crippen LogP contribution in [0.5, 0.6) is 5.75 Å². The molecule has 3 rings (SSSR count). The molecule has 0 aliphatic carbocycles. The molecule has 0 saturated heterocycles. The number of rotatable bonds is 7. The van der Waals surface area contributed by atoms with Gasteiger partial charge in [-0.15, -0.1) is 0 Å². The Kier molecular flexibility index (Phi) is 7.17. The van der Waals surface area contributed by atoms with Crippen molar-refractivity contribution in [2.24, 2.45) is 11.1 Å². The van der Waals surface area contributed by atoms with Crippen molar-refractivity contribution in [2.45, 2.75) is 13.5 Å². The third-order valence-corrected chi connectivity index (χ3v) is 5.84. The number of Topliss-reactive ketones (excluding diaryl/α,β-unsaturated/α-hetero) is 1.